The molecular formula is C25H24N2O4. The van der Waals surface area contributed by atoms with E-state index in [0.29, 0.717) is 22.6 Å². The first kappa shape index (κ1) is 21.8. The fourth-order valence-electron chi connectivity index (χ4n) is 2.85. The van der Waals surface area contributed by atoms with Gasteiger partial charge in [0.05, 0.1) is 6.54 Å². The molecule has 0 saturated carbocycles. The number of ether oxygens (including phenoxy) is 1. The molecule has 158 valence electrons. The topological polar surface area (TPSA) is 75.7 Å². The van der Waals surface area contributed by atoms with Crippen LogP contribution < -0.4 is 10.1 Å². The van der Waals surface area contributed by atoms with Crippen molar-refractivity contribution in [3.8, 4) is 5.75 Å². The number of anilines is 1. The van der Waals surface area contributed by atoms with Gasteiger partial charge in [0.1, 0.15) is 5.75 Å². The van der Waals surface area contributed by atoms with Crippen molar-refractivity contribution in [3.63, 3.8) is 0 Å². The summed E-state index contributed by atoms with van der Waals surface area (Å²) in [4.78, 5) is 38.1. The van der Waals surface area contributed by atoms with Crippen LogP contribution in [0, 0.1) is 6.92 Å². The maximum atomic E-state index is 12.4. The van der Waals surface area contributed by atoms with Gasteiger partial charge in [-0.25, -0.2) is 0 Å². The van der Waals surface area contributed by atoms with E-state index in [9.17, 15) is 14.4 Å². The van der Waals surface area contributed by atoms with Gasteiger partial charge in [-0.3, -0.25) is 14.4 Å². The Hall–Kier alpha value is -3.93. The predicted octanol–water partition coefficient (Wildman–Crippen LogP) is 3.70. The molecule has 6 nitrogen and oxygen atoms in total. The highest BCUT2D eigenvalue weighted by Gasteiger charge is 2.14. The number of carbonyl (C=O) groups excluding carboxylic acids is 3. The molecule has 0 aliphatic carbocycles. The smallest absolute Gasteiger partial charge is 0.260 e. The van der Waals surface area contributed by atoms with Gasteiger partial charge in [0.25, 0.3) is 5.91 Å². The first-order valence-corrected chi connectivity index (χ1v) is 9.85. The molecule has 0 fully saturated rings. The van der Waals surface area contributed by atoms with Crippen LogP contribution in [0.15, 0.2) is 78.9 Å². The maximum Gasteiger partial charge on any atom is 0.260 e. The summed E-state index contributed by atoms with van der Waals surface area (Å²) in [6.45, 7) is 1.67. The first-order chi connectivity index (χ1) is 14.9. The molecule has 0 aliphatic rings. The number of amides is 2. The van der Waals surface area contributed by atoms with Crippen molar-refractivity contribution in [2.24, 2.45) is 0 Å². The average Bonchev–Trinajstić information content (AvgIpc) is 2.79. The van der Waals surface area contributed by atoms with Gasteiger partial charge in [0.15, 0.2) is 12.4 Å². The van der Waals surface area contributed by atoms with Crippen molar-refractivity contribution in [1.82, 2.24) is 4.90 Å². The Labute approximate surface area is 181 Å². The molecule has 0 heterocycles. The first-order valence-electron chi connectivity index (χ1n) is 9.85. The number of hydrogen-bond acceptors (Lipinski definition) is 4. The fourth-order valence-corrected chi connectivity index (χ4v) is 2.85. The minimum absolute atomic E-state index is 0.0810. The van der Waals surface area contributed by atoms with Gasteiger partial charge in [-0.15, -0.1) is 0 Å². The van der Waals surface area contributed by atoms with Crippen molar-refractivity contribution in [3.05, 3.63) is 95.6 Å². The molecule has 0 spiro atoms. The summed E-state index contributed by atoms with van der Waals surface area (Å²) in [5, 5.41) is 2.75. The number of nitrogens with zero attached hydrogens (tertiary/aromatic N) is 1. The highest BCUT2D eigenvalue weighted by Crippen LogP contribution is 2.15. The van der Waals surface area contributed by atoms with Crippen LogP contribution in [-0.4, -0.2) is 42.7 Å². The van der Waals surface area contributed by atoms with Crippen LogP contribution in [0.4, 0.5) is 5.69 Å². The number of rotatable bonds is 8. The summed E-state index contributed by atoms with van der Waals surface area (Å²) in [6.07, 6.45) is 0. The van der Waals surface area contributed by atoms with E-state index < -0.39 is 0 Å². The van der Waals surface area contributed by atoms with E-state index in [1.165, 1.54) is 4.90 Å². The summed E-state index contributed by atoms with van der Waals surface area (Å²) in [7, 11) is 1.54. The van der Waals surface area contributed by atoms with Crippen LogP contribution >= 0.6 is 0 Å². The molecule has 31 heavy (non-hydrogen) atoms. The van der Waals surface area contributed by atoms with Crippen molar-refractivity contribution in [1.29, 1.82) is 0 Å². The lowest BCUT2D eigenvalue weighted by Crippen LogP contribution is -2.37. The number of carbonyl (C=O) groups is 3. The average molecular weight is 416 g/mol. The lowest BCUT2D eigenvalue weighted by Gasteiger charge is -2.17. The zero-order valence-corrected chi connectivity index (χ0v) is 17.5. The second kappa shape index (κ2) is 10.2. The van der Waals surface area contributed by atoms with E-state index in [0.717, 1.165) is 5.56 Å². The third-order valence-corrected chi connectivity index (χ3v) is 4.66. The van der Waals surface area contributed by atoms with E-state index in [4.69, 9.17) is 4.74 Å². The van der Waals surface area contributed by atoms with Gasteiger partial charge in [-0.05, 0) is 43.3 Å². The third kappa shape index (κ3) is 6.27. The number of ketones is 1. The number of aryl methyl sites for hydroxylation is 1. The Balaban J connectivity index is 1.47. The van der Waals surface area contributed by atoms with Crippen LogP contribution in [0.2, 0.25) is 0 Å². The molecule has 0 saturated heterocycles. The molecule has 0 radical (unpaired) electrons. The lowest BCUT2D eigenvalue weighted by molar-refractivity contribution is -0.135. The molecule has 1 N–H and O–H groups in total. The molecular weight excluding hydrogens is 392 g/mol. The summed E-state index contributed by atoms with van der Waals surface area (Å²) in [5.74, 6) is -0.231. The standard InChI is InChI=1S/C25H24N2O4/c1-18-8-12-21(13-9-18)26-23(28)16-27(2)24(29)17-31-22-14-10-20(11-15-22)25(30)19-6-4-3-5-7-19/h3-15H,16-17H2,1-2H3,(H,26,28). The summed E-state index contributed by atoms with van der Waals surface area (Å²) in [5.41, 5.74) is 2.92. The Morgan fingerprint density at radius 1 is 0.839 bits per heavy atom. The molecule has 3 aromatic rings. The number of nitrogens with one attached hydrogen (secondary N) is 1. The van der Waals surface area contributed by atoms with E-state index in [1.54, 1.807) is 43.4 Å². The van der Waals surface area contributed by atoms with E-state index >= 15 is 0 Å². The minimum atomic E-state index is -0.330. The monoisotopic (exact) mass is 416 g/mol. The van der Waals surface area contributed by atoms with Gasteiger partial charge in [0.2, 0.25) is 5.91 Å². The normalized spacial score (nSPS) is 10.3. The van der Waals surface area contributed by atoms with Crippen LogP contribution in [0.5, 0.6) is 5.75 Å². The third-order valence-electron chi connectivity index (χ3n) is 4.66. The van der Waals surface area contributed by atoms with Crippen molar-refractivity contribution < 1.29 is 19.1 Å². The van der Waals surface area contributed by atoms with Crippen molar-refractivity contribution in [2.75, 3.05) is 25.5 Å². The molecule has 6 heteroatoms. The second-order valence-electron chi connectivity index (χ2n) is 7.17. The highest BCUT2D eigenvalue weighted by molar-refractivity contribution is 6.09. The van der Waals surface area contributed by atoms with E-state index in [1.807, 2.05) is 49.4 Å². The molecule has 0 bridgehead atoms. The Kier molecular flexibility index (Phi) is 7.17. The molecule has 0 atom stereocenters. The van der Waals surface area contributed by atoms with Crippen molar-refractivity contribution in [2.45, 2.75) is 6.92 Å². The Morgan fingerprint density at radius 3 is 2.10 bits per heavy atom. The van der Waals surface area contributed by atoms with Crippen LogP contribution in [0.1, 0.15) is 21.5 Å². The van der Waals surface area contributed by atoms with E-state index in [2.05, 4.69) is 5.32 Å². The number of hydrogen-bond donors (Lipinski definition) is 1. The Morgan fingerprint density at radius 2 is 1.45 bits per heavy atom. The van der Waals surface area contributed by atoms with Crippen LogP contribution in [-0.2, 0) is 9.59 Å². The van der Waals surface area contributed by atoms with Gasteiger partial charge in [-0.1, -0.05) is 48.0 Å². The summed E-state index contributed by atoms with van der Waals surface area (Å²) < 4.78 is 5.51. The quantitative estimate of drug-likeness (QED) is 0.568. The number of benzene rings is 3. The highest BCUT2D eigenvalue weighted by atomic mass is 16.5. The SMILES string of the molecule is Cc1ccc(NC(=O)CN(C)C(=O)COc2ccc(C(=O)c3ccccc3)cc2)cc1. The lowest BCUT2D eigenvalue weighted by atomic mass is 10.0. The number of likely N-dealkylation sites (N-methyl/N-ethyl adjacent to an activating group) is 1. The van der Waals surface area contributed by atoms with Gasteiger partial charge in [0, 0.05) is 23.9 Å². The van der Waals surface area contributed by atoms with Crippen LogP contribution in [0.3, 0.4) is 0 Å². The van der Waals surface area contributed by atoms with Gasteiger partial charge < -0.3 is 15.0 Å². The van der Waals surface area contributed by atoms with Gasteiger partial charge >= 0.3 is 0 Å². The second-order valence-corrected chi connectivity index (χ2v) is 7.17. The largest absolute Gasteiger partial charge is 0.484 e. The molecule has 0 unspecified atom stereocenters. The molecule has 2 amide bonds. The maximum absolute atomic E-state index is 12.4. The van der Waals surface area contributed by atoms with Gasteiger partial charge in [-0.2, -0.15) is 0 Å². The van der Waals surface area contributed by atoms with E-state index in [-0.39, 0.29) is 30.7 Å². The molecule has 0 aromatic heterocycles. The summed E-state index contributed by atoms with van der Waals surface area (Å²) >= 11 is 0. The Bertz CT molecular complexity index is 1050. The zero-order valence-electron chi connectivity index (χ0n) is 17.5. The molecule has 0 aliphatic heterocycles. The zero-order chi connectivity index (χ0) is 22.2. The minimum Gasteiger partial charge on any atom is -0.484 e. The molecule has 3 rings (SSSR count). The van der Waals surface area contributed by atoms with Crippen molar-refractivity contribution >= 4 is 23.3 Å². The fraction of sp³-hybridized carbons (Fsp3) is 0.160. The predicted molar refractivity (Wildman–Crippen MR) is 119 cm³/mol. The summed E-state index contributed by atoms with van der Waals surface area (Å²) in [6, 6.07) is 23.0. The van der Waals surface area contributed by atoms with Crippen LogP contribution in [0.25, 0.3) is 0 Å². The molecule has 3 aromatic carbocycles.